The standard InChI is InChI=1S/C33H32N2O2/c1-2-8-25(9-3-1)33(26-12-14-27(15-13-26)34-18-6-7-19-34)17-16-30-28-10-4-5-11-29(28)31(24-32(30)37-33)35-20-22-36-23-21-35/h1-5,8-17,24H,6-7,18-23H2. The number of morpholine rings is 1. The average Bonchev–Trinajstić information content (AvgIpc) is 3.53. The molecule has 0 amide bonds. The van der Waals surface area contributed by atoms with Crippen LogP contribution < -0.4 is 14.5 Å². The summed E-state index contributed by atoms with van der Waals surface area (Å²) in [5, 5.41) is 2.49. The van der Waals surface area contributed by atoms with Crippen molar-refractivity contribution in [2.75, 3.05) is 49.2 Å². The first-order valence-corrected chi connectivity index (χ1v) is 13.5. The second kappa shape index (κ2) is 9.28. The van der Waals surface area contributed by atoms with Crippen LogP contribution >= 0.6 is 0 Å². The van der Waals surface area contributed by atoms with Gasteiger partial charge in [0.15, 0.2) is 5.60 Å². The average molecular weight is 489 g/mol. The molecule has 186 valence electrons. The highest BCUT2D eigenvalue weighted by molar-refractivity contribution is 6.02. The largest absolute Gasteiger partial charge is 0.473 e. The number of ether oxygens (including phenoxy) is 2. The van der Waals surface area contributed by atoms with Gasteiger partial charge in [-0.15, -0.1) is 0 Å². The lowest BCUT2D eigenvalue weighted by atomic mass is 9.83. The molecule has 2 fully saturated rings. The number of nitrogens with zero attached hydrogens (tertiary/aromatic N) is 2. The minimum Gasteiger partial charge on any atom is -0.473 e. The maximum atomic E-state index is 7.14. The summed E-state index contributed by atoms with van der Waals surface area (Å²) in [6.07, 6.45) is 7.07. The van der Waals surface area contributed by atoms with E-state index >= 15 is 0 Å². The summed E-state index contributed by atoms with van der Waals surface area (Å²) in [5.41, 5.74) is 5.25. The summed E-state index contributed by atoms with van der Waals surface area (Å²) >= 11 is 0. The summed E-state index contributed by atoms with van der Waals surface area (Å²) in [7, 11) is 0. The smallest absolute Gasteiger partial charge is 0.178 e. The number of benzene rings is 4. The summed E-state index contributed by atoms with van der Waals surface area (Å²) in [4.78, 5) is 4.91. The number of hydrogen-bond acceptors (Lipinski definition) is 4. The third kappa shape index (κ3) is 3.87. The molecule has 0 bridgehead atoms. The van der Waals surface area contributed by atoms with Gasteiger partial charge in [0.05, 0.1) is 13.2 Å². The number of fused-ring (bicyclic) bond motifs is 3. The molecule has 7 rings (SSSR count). The third-order valence-electron chi connectivity index (χ3n) is 8.10. The molecule has 0 aliphatic carbocycles. The van der Waals surface area contributed by atoms with Crippen LogP contribution in [-0.2, 0) is 10.3 Å². The number of hydrogen-bond donors (Lipinski definition) is 0. The van der Waals surface area contributed by atoms with E-state index in [0.29, 0.717) is 0 Å². The highest BCUT2D eigenvalue weighted by atomic mass is 16.5. The van der Waals surface area contributed by atoms with E-state index < -0.39 is 5.60 Å². The van der Waals surface area contributed by atoms with Crippen molar-refractivity contribution >= 4 is 28.2 Å². The summed E-state index contributed by atoms with van der Waals surface area (Å²) < 4.78 is 12.8. The molecule has 4 nitrogen and oxygen atoms in total. The fourth-order valence-electron chi connectivity index (χ4n) is 6.14. The van der Waals surface area contributed by atoms with Gasteiger partial charge in [0, 0.05) is 65.7 Å². The van der Waals surface area contributed by atoms with Crippen LogP contribution in [0.3, 0.4) is 0 Å². The van der Waals surface area contributed by atoms with Gasteiger partial charge in [0.25, 0.3) is 0 Å². The molecule has 4 heteroatoms. The van der Waals surface area contributed by atoms with Crippen LogP contribution in [0.15, 0.2) is 91.0 Å². The molecule has 0 aromatic heterocycles. The summed E-state index contributed by atoms with van der Waals surface area (Å²) in [6, 6.07) is 30.6. The molecule has 4 aromatic carbocycles. The Morgan fingerprint density at radius 1 is 0.649 bits per heavy atom. The minimum atomic E-state index is -0.692. The molecule has 0 spiro atoms. The van der Waals surface area contributed by atoms with Gasteiger partial charge >= 0.3 is 0 Å². The first-order valence-electron chi connectivity index (χ1n) is 13.5. The van der Waals surface area contributed by atoms with Crippen LogP contribution in [0.5, 0.6) is 5.75 Å². The predicted molar refractivity (Wildman–Crippen MR) is 152 cm³/mol. The molecule has 0 N–H and O–H groups in total. The van der Waals surface area contributed by atoms with Gasteiger partial charge in [-0.1, -0.05) is 66.7 Å². The van der Waals surface area contributed by atoms with E-state index in [4.69, 9.17) is 9.47 Å². The van der Waals surface area contributed by atoms with E-state index in [1.807, 2.05) is 0 Å². The zero-order valence-electron chi connectivity index (χ0n) is 21.1. The fraction of sp³-hybridized carbons (Fsp3) is 0.273. The first-order chi connectivity index (χ1) is 18.3. The van der Waals surface area contributed by atoms with Crippen molar-refractivity contribution in [1.82, 2.24) is 0 Å². The van der Waals surface area contributed by atoms with Gasteiger partial charge in [0.1, 0.15) is 5.75 Å². The van der Waals surface area contributed by atoms with Crippen molar-refractivity contribution in [1.29, 1.82) is 0 Å². The van der Waals surface area contributed by atoms with Crippen LogP contribution in [0.2, 0.25) is 0 Å². The second-order valence-electron chi connectivity index (χ2n) is 10.2. The molecule has 3 heterocycles. The molecule has 3 aliphatic rings. The van der Waals surface area contributed by atoms with Gasteiger partial charge in [-0.3, -0.25) is 0 Å². The molecule has 4 aromatic rings. The Balaban J connectivity index is 1.37. The second-order valence-corrected chi connectivity index (χ2v) is 10.2. The van der Waals surface area contributed by atoms with Crippen LogP contribution in [0.1, 0.15) is 29.5 Å². The lowest BCUT2D eigenvalue weighted by Gasteiger charge is -2.38. The molecule has 3 aliphatic heterocycles. The molecule has 37 heavy (non-hydrogen) atoms. The van der Waals surface area contributed by atoms with Crippen molar-refractivity contribution in [2.45, 2.75) is 18.4 Å². The first kappa shape index (κ1) is 22.4. The molecule has 0 radical (unpaired) electrons. The number of rotatable bonds is 4. The van der Waals surface area contributed by atoms with E-state index in [1.54, 1.807) is 0 Å². The van der Waals surface area contributed by atoms with Crippen molar-refractivity contribution in [3.63, 3.8) is 0 Å². The zero-order chi connectivity index (χ0) is 24.7. The molecular weight excluding hydrogens is 456 g/mol. The van der Waals surface area contributed by atoms with Gasteiger partial charge in [0.2, 0.25) is 0 Å². The Labute approximate surface area is 218 Å². The molecular formula is C33H32N2O2. The monoisotopic (exact) mass is 488 g/mol. The molecule has 2 saturated heterocycles. The topological polar surface area (TPSA) is 24.9 Å². The SMILES string of the molecule is C1=CC(c2ccccc2)(c2ccc(N3CCCC3)cc2)Oc2cc(N3CCOCC3)c3ccccc3c21. The molecule has 1 unspecified atom stereocenters. The molecule has 1 atom stereocenters. The maximum Gasteiger partial charge on any atom is 0.178 e. The van der Waals surface area contributed by atoms with E-state index in [0.717, 1.165) is 61.8 Å². The summed E-state index contributed by atoms with van der Waals surface area (Å²) in [5.74, 6) is 0.926. The normalized spacial score (nSPS) is 21.2. The highest BCUT2D eigenvalue weighted by Gasteiger charge is 2.38. The van der Waals surface area contributed by atoms with Gasteiger partial charge < -0.3 is 19.3 Å². The Morgan fingerprint density at radius 3 is 2.08 bits per heavy atom. The van der Waals surface area contributed by atoms with Crippen LogP contribution in [0, 0.1) is 0 Å². The lowest BCUT2D eigenvalue weighted by Crippen LogP contribution is -2.37. The maximum absolute atomic E-state index is 7.14. The quantitative estimate of drug-likeness (QED) is 0.322. The van der Waals surface area contributed by atoms with E-state index in [1.165, 1.54) is 35.0 Å². The van der Waals surface area contributed by atoms with Crippen molar-refractivity contribution in [3.05, 3.63) is 108 Å². The minimum absolute atomic E-state index is 0.692. The van der Waals surface area contributed by atoms with Crippen LogP contribution in [-0.4, -0.2) is 39.4 Å². The Kier molecular flexibility index (Phi) is 5.63. The lowest BCUT2D eigenvalue weighted by molar-refractivity contribution is 0.122. The number of anilines is 2. The highest BCUT2D eigenvalue weighted by Crippen LogP contribution is 2.47. The van der Waals surface area contributed by atoms with E-state index in [-0.39, 0.29) is 0 Å². The van der Waals surface area contributed by atoms with E-state index in [2.05, 4.69) is 107 Å². The van der Waals surface area contributed by atoms with Gasteiger partial charge in [-0.25, -0.2) is 0 Å². The van der Waals surface area contributed by atoms with Crippen LogP contribution in [0.4, 0.5) is 11.4 Å². The summed E-state index contributed by atoms with van der Waals surface area (Å²) in [6.45, 7) is 5.57. The Hall–Kier alpha value is -3.76. The Bertz CT molecular complexity index is 1430. The van der Waals surface area contributed by atoms with Crippen molar-refractivity contribution < 1.29 is 9.47 Å². The Morgan fingerprint density at radius 2 is 1.32 bits per heavy atom. The van der Waals surface area contributed by atoms with Gasteiger partial charge in [-0.2, -0.15) is 0 Å². The van der Waals surface area contributed by atoms with Crippen molar-refractivity contribution in [3.8, 4) is 5.75 Å². The van der Waals surface area contributed by atoms with Gasteiger partial charge in [-0.05, 0) is 42.5 Å². The molecule has 0 saturated carbocycles. The fourth-order valence-corrected chi connectivity index (χ4v) is 6.14. The zero-order valence-corrected chi connectivity index (χ0v) is 21.1. The predicted octanol–water partition coefficient (Wildman–Crippen LogP) is 6.63. The third-order valence-corrected chi connectivity index (χ3v) is 8.10. The van der Waals surface area contributed by atoms with E-state index in [9.17, 15) is 0 Å². The van der Waals surface area contributed by atoms with Crippen molar-refractivity contribution in [2.24, 2.45) is 0 Å². The van der Waals surface area contributed by atoms with Crippen LogP contribution in [0.25, 0.3) is 16.8 Å².